The normalized spacial score (nSPS) is 15.9. The number of nitrogens with two attached hydrogens (primary N) is 1. The fourth-order valence-corrected chi connectivity index (χ4v) is 4.46. The number of aryl methyl sites for hydroxylation is 1. The second kappa shape index (κ2) is 7.62. The van der Waals surface area contributed by atoms with Crippen molar-refractivity contribution in [1.82, 2.24) is 15.0 Å². The van der Waals surface area contributed by atoms with Gasteiger partial charge in [-0.05, 0) is 55.7 Å². The number of halogens is 1. The zero-order valence-electron chi connectivity index (χ0n) is 16.5. The molecule has 30 heavy (non-hydrogen) atoms. The lowest BCUT2D eigenvalue weighted by molar-refractivity contribution is 0.596. The topological polar surface area (TPSA) is 114 Å². The van der Waals surface area contributed by atoms with Crippen LogP contribution in [0.4, 0.5) is 22.0 Å². The number of sulfonamides is 1. The van der Waals surface area contributed by atoms with Crippen molar-refractivity contribution < 1.29 is 12.8 Å². The number of benzene rings is 2. The number of anilines is 3. The summed E-state index contributed by atoms with van der Waals surface area (Å²) in [4.78, 5) is 15.3. The molecule has 2 heterocycles. The van der Waals surface area contributed by atoms with E-state index < -0.39 is 10.0 Å². The van der Waals surface area contributed by atoms with Gasteiger partial charge in [0.25, 0.3) is 0 Å². The van der Waals surface area contributed by atoms with Gasteiger partial charge in [0, 0.05) is 18.3 Å². The Hall–Kier alpha value is -3.11. The molecule has 0 aliphatic carbocycles. The molecule has 0 spiro atoms. The summed E-state index contributed by atoms with van der Waals surface area (Å²) >= 11 is 0. The molecule has 0 bridgehead atoms. The third-order valence-electron chi connectivity index (χ3n) is 4.91. The van der Waals surface area contributed by atoms with Crippen LogP contribution in [-0.2, 0) is 23.0 Å². The highest BCUT2D eigenvalue weighted by Crippen LogP contribution is 2.39. The summed E-state index contributed by atoms with van der Waals surface area (Å²) in [5.41, 5.74) is 2.11. The highest BCUT2D eigenvalue weighted by molar-refractivity contribution is 7.89. The average molecular weight is 428 g/mol. The summed E-state index contributed by atoms with van der Waals surface area (Å²) in [5.74, 6) is 0.951. The van der Waals surface area contributed by atoms with Crippen LogP contribution in [0, 0.1) is 12.7 Å². The lowest BCUT2D eigenvalue weighted by atomic mass is 10.1. The molecule has 2 aromatic carbocycles. The molecule has 4 rings (SSSR count). The molecule has 3 aromatic rings. The predicted octanol–water partition coefficient (Wildman–Crippen LogP) is 2.66. The van der Waals surface area contributed by atoms with Gasteiger partial charge in [0.15, 0.2) is 0 Å². The van der Waals surface area contributed by atoms with Crippen molar-refractivity contribution in [3.63, 3.8) is 0 Å². The van der Waals surface area contributed by atoms with E-state index in [0.717, 1.165) is 5.56 Å². The highest BCUT2D eigenvalue weighted by atomic mass is 32.2. The van der Waals surface area contributed by atoms with Gasteiger partial charge >= 0.3 is 0 Å². The number of rotatable bonds is 5. The van der Waals surface area contributed by atoms with Crippen LogP contribution in [0.25, 0.3) is 0 Å². The molecule has 0 amide bonds. The van der Waals surface area contributed by atoms with E-state index in [4.69, 9.17) is 5.14 Å². The van der Waals surface area contributed by atoms with E-state index >= 15 is 0 Å². The summed E-state index contributed by atoms with van der Waals surface area (Å²) in [6.45, 7) is 4.06. The number of fused-ring (bicyclic) bond motifs is 1. The van der Waals surface area contributed by atoms with Crippen molar-refractivity contribution in [2.75, 3.05) is 10.2 Å². The molecule has 3 N–H and O–H groups in total. The maximum atomic E-state index is 13.4. The van der Waals surface area contributed by atoms with E-state index in [1.807, 2.05) is 17.9 Å². The number of hydrogen-bond acceptors (Lipinski definition) is 7. The zero-order chi connectivity index (χ0) is 21.5. The Balaban J connectivity index is 1.67. The molecule has 1 unspecified atom stereocenters. The second-order valence-corrected chi connectivity index (χ2v) is 8.74. The Morgan fingerprint density at radius 1 is 1.20 bits per heavy atom. The summed E-state index contributed by atoms with van der Waals surface area (Å²) in [6.07, 6.45) is 0.499. The molecule has 0 saturated heterocycles. The molecule has 0 saturated carbocycles. The smallest absolute Gasteiger partial charge is 0.238 e. The van der Waals surface area contributed by atoms with Gasteiger partial charge in [-0.15, -0.1) is 0 Å². The first kappa shape index (κ1) is 20.2. The third kappa shape index (κ3) is 3.96. The SMILES string of the molecule is Cc1nc(NCc2cccc(F)c2)nc(N2c3cccc(S(N)(=O)=O)c3CC2C)n1. The van der Waals surface area contributed by atoms with E-state index in [9.17, 15) is 12.8 Å². The lowest BCUT2D eigenvalue weighted by Crippen LogP contribution is -2.26. The van der Waals surface area contributed by atoms with Crippen LogP contribution in [0.15, 0.2) is 47.4 Å². The van der Waals surface area contributed by atoms with Gasteiger partial charge < -0.3 is 10.2 Å². The predicted molar refractivity (Wildman–Crippen MR) is 111 cm³/mol. The Labute approximate surface area is 174 Å². The van der Waals surface area contributed by atoms with E-state index in [1.54, 1.807) is 25.1 Å². The van der Waals surface area contributed by atoms with Gasteiger partial charge in [-0.3, -0.25) is 0 Å². The highest BCUT2D eigenvalue weighted by Gasteiger charge is 2.33. The molecule has 0 fully saturated rings. The van der Waals surface area contributed by atoms with Crippen molar-refractivity contribution in [3.05, 3.63) is 65.2 Å². The van der Waals surface area contributed by atoms with E-state index in [-0.39, 0.29) is 16.8 Å². The average Bonchev–Trinajstić information content (AvgIpc) is 3.01. The number of aromatic nitrogens is 3. The fraction of sp³-hybridized carbons (Fsp3) is 0.250. The molecular weight excluding hydrogens is 407 g/mol. The van der Waals surface area contributed by atoms with E-state index in [1.165, 1.54) is 18.2 Å². The molecule has 10 heteroatoms. The Kier molecular flexibility index (Phi) is 5.12. The molecule has 156 valence electrons. The minimum atomic E-state index is -3.84. The van der Waals surface area contributed by atoms with Crippen LogP contribution in [0.1, 0.15) is 23.9 Å². The molecular formula is C20H21FN6O2S. The van der Waals surface area contributed by atoms with Gasteiger partial charge in [0.05, 0.1) is 4.90 Å². The van der Waals surface area contributed by atoms with Crippen LogP contribution >= 0.6 is 0 Å². The Bertz CT molecular complexity index is 1220. The van der Waals surface area contributed by atoms with Crippen LogP contribution in [-0.4, -0.2) is 29.4 Å². The summed E-state index contributed by atoms with van der Waals surface area (Å²) in [5, 5.41) is 8.48. The minimum Gasteiger partial charge on any atom is -0.350 e. The molecule has 1 aromatic heterocycles. The summed E-state index contributed by atoms with van der Waals surface area (Å²) in [7, 11) is -3.84. The first-order valence-electron chi connectivity index (χ1n) is 9.37. The second-order valence-electron chi connectivity index (χ2n) is 7.21. The zero-order valence-corrected chi connectivity index (χ0v) is 17.3. The number of nitrogens with zero attached hydrogens (tertiary/aromatic N) is 4. The third-order valence-corrected chi connectivity index (χ3v) is 5.90. The van der Waals surface area contributed by atoms with Gasteiger partial charge in [-0.1, -0.05) is 18.2 Å². The first-order valence-corrected chi connectivity index (χ1v) is 10.9. The number of hydrogen-bond donors (Lipinski definition) is 2. The summed E-state index contributed by atoms with van der Waals surface area (Å²) in [6, 6.07) is 11.2. The van der Waals surface area contributed by atoms with Crippen molar-refractivity contribution in [2.45, 2.75) is 37.8 Å². The number of primary sulfonamides is 1. The Morgan fingerprint density at radius 2 is 1.97 bits per heavy atom. The lowest BCUT2D eigenvalue weighted by Gasteiger charge is -2.23. The maximum Gasteiger partial charge on any atom is 0.238 e. The van der Waals surface area contributed by atoms with Gasteiger partial charge in [0.1, 0.15) is 11.6 Å². The molecule has 1 atom stereocenters. The monoisotopic (exact) mass is 428 g/mol. The van der Waals surface area contributed by atoms with Crippen molar-refractivity contribution in [3.8, 4) is 0 Å². The standard InChI is InChI=1S/C20H21FN6O2S/c1-12-9-16-17(7-4-8-18(16)30(22,28)29)27(12)20-25-13(2)24-19(26-20)23-11-14-5-3-6-15(21)10-14/h3-8,10,12H,9,11H2,1-2H3,(H2,22,28,29)(H,23,24,25,26). The van der Waals surface area contributed by atoms with Crippen molar-refractivity contribution in [1.29, 1.82) is 0 Å². The Morgan fingerprint density at radius 3 is 2.70 bits per heavy atom. The maximum absolute atomic E-state index is 13.4. The van der Waals surface area contributed by atoms with E-state index in [0.29, 0.717) is 41.9 Å². The van der Waals surface area contributed by atoms with Gasteiger partial charge in [0.2, 0.25) is 21.9 Å². The largest absolute Gasteiger partial charge is 0.350 e. The fourth-order valence-electron chi connectivity index (χ4n) is 3.66. The van der Waals surface area contributed by atoms with Crippen LogP contribution in [0.5, 0.6) is 0 Å². The molecule has 0 radical (unpaired) electrons. The van der Waals surface area contributed by atoms with E-state index in [2.05, 4.69) is 20.3 Å². The van der Waals surface area contributed by atoms with Crippen molar-refractivity contribution >= 4 is 27.6 Å². The molecule has 1 aliphatic rings. The molecule has 8 nitrogen and oxygen atoms in total. The van der Waals surface area contributed by atoms with Crippen molar-refractivity contribution in [2.24, 2.45) is 5.14 Å². The van der Waals surface area contributed by atoms with Gasteiger partial charge in [-0.25, -0.2) is 17.9 Å². The van der Waals surface area contributed by atoms with Crippen LogP contribution in [0.2, 0.25) is 0 Å². The summed E-state index contributed by atoms with van der Waals surface area (Å²) < 4.78 is 37.4. The van der Waals surface area contributed by atoms with Crippen LogP contribution in [0.3, 0.4) is 0 Å². The number of nitrogens with one attached hydrogen (secondary N) is 1. The van der Waals surface area contributed by atoms with Gasteiger partial charge in [-0.2, -0.15) is 15.0 Å². The molecule has 1 aliphatic heterocycles. The van der Waals surface area contributed by atoms with Crippen LogP contribution < -0.4 is 15.4 Å². The minimum absolute atomic E-state index is 0.0687. The quantitative estimate of drug-likeness (QED) is 0.642. The first-order chi connectivity index (χ1) is 14.2.